The van der Waals surface area contributed by atoms with E-state index in [9.17, 15) is 10.1 Å². The minimum atomic E-state index is -0.379. The smallest absolute Gasteiger partial charge is 0.270 e. The van der Waals surface area contributed by atoms with Gasteiger partial charge in [-0.15, -0.1) is 0 Å². The average molecular weight is 266 g/mol. The van der Waals surface area contributed by atoms with Gasteiger partial charge in [0.25, 0.3) is 5.69 Å². The summed E-state index contributed by atoms with van der Waals surface area (Å²) in [5.41, 5.74) is 0.938. The summed E-state index contributed by atoms with van der Waals surface area (Å²) in [4.78, 5) is 10.4. The van der Waals surface area contributed by atoms with Crippen molar-refractivity contribution >= 4 is 5.69 Å². The summed E-state index contributed by atoms with van der Waals surface area (Å²) >= 11 is 0. The first-order valence-corrected chi connectivity index (χ1v) is 6.65. The number of nitro groups is 1. The van der Waals surface area contributed by atoms with Crippen LogP contribution in [0.15, 0.2) is 18.2 Å². The average Bonchev–Trinajstić information content (AvgIpc) is 2.37. The van der Waals surface area contributed by atoms with Crippen molar-refractivity contribution in [2.24, 2.45) is 5.92 Å². The van der Waals surface area contributed by atoms with Gasteiger partial charge in [-0.2, -0.15) is 0 Å². The molecule has 0 aliphatic carbocycles. The van der Waals surface area contributed by atoms with Crippen molar-refractivity contribution in [3.8, 4) is 5.75 Å². The zero-order chi connectivity index (χ0) is 14.3. The third-order valence-electron chi connectivity index (χ3n) is 2.57. The van der Waals surface area contributed by atoms with E-state index in [2.05, 4.69) is 26.1 Å². The van der Waals surface area contributed by atoms with Gasteiger partial charge < -0.3 is 10.1 Å². The van der Waals surface area contributed by atoms with Crippen LogP contribution in [0.25, 0.3) is 0 Å². The van der Waals surface area contributed by atoms with E-state index in [4.69, 9.17) is 4.74 Å². The molecule has 1 rings (SSSR count). The molecule has 1 aromatic carbocycles. The van der Waals surface area contributed by atoms with E-state index in [0.717, 1.165) is 24.3 Å². The largest absolute Gasteiger partial charge is 0.493 e. The highest BCUT2D eigenvalue weighted by Crippen LogP contribution is 2.24. The first-order chi connectivity index (χ1) is 9.04. The van der Waals surface area contributed by atoms with Crippen LogP contribution in [-0.4, -0.2) is 18.1 Å². The Hall–Kier alpha value is -1.62. The predicted molar refractivity (Wildman–Crippen MR) is 75.4 cm³/mol. The van der Waals surface area contributed by atoms with E-state index in [1.807, 2.05) is 0 Å². The lowest BCUT2D eigenvalue weighted by Crippen LogP contribution is -2.15. The molecule has 0 heterocycles. The Labute approximate surface area is 114 Å². The Kier molecular flexibility index (Phi) is 6.29. The molecule has 19 heavy (non-hydrogen) atoms. The van der Waals surface area contributed by atoms with Crippen LogP contribution >= 0.6 is 0 Å². The molecular weight excluding hydrogens is 244 g/mol. The van der Waals surface area contributed by atoms with Crippen LogP contribution in [0, 0.1) is 16.0 Å². The summed E-state index contributed by atoms with van der Waals surface area (Å²) < 4.78 is 5.70. The lowest BCUT2D eigenvalue weighted by molar-refractivity contribution is -0.384. The van der Waals surface area contributed by atoms with Crippen molar-refractivity contribution in [2.45, 2.75) is 33.7 Å². The van der Waals surface area contributed by atoms with Crippen LogP contribution < -0.4 is 10.1 Å². The number of nitro benzene ring substituents is 1. The Bertz CT molecular complexity index is 419. The van der Waals surface area contributed by atoms with Crippen molar-refractivity contribution in [3.05, 3.63) is 33.9 Å². The van der Waals surface area contributed by atoms with Crippen LogP contribution in [0.3, 0.4) is 0 Å². The zero-order valence-electron chi connectivity index (χ0n) is 11.8. The van der Waals surface area contributed by atoms with Crippen molar-refractivity contribution < 1.29 is 9.66 Å². The number of nitrogens with zero attached hydrogens (tertiary/aromatic N) is 1. The molecule has 5 nitrogen and oxygen atoms in total. The minimum Gasteiger partial charge on any atom is -0.493 e. The third-order valence-corrected chi connectivity index (χ3v) is 2.57. The standard InChI is InChI=1S/C14H22N2O3/c1-4-7-15-9-12-8-13(16(17)18)5-6-14(12)19-10-11(2)3/h5-6,8,11,15H,4,7,9-10H2,1-3H3. The molecule has 0 amide bonds. The van der Waals surface area contributed by atoms with Gasteiger partial charge in [-0.05, 0) is 24.9 Å². The van der Waals surface area contributed by atoms with Crippen LogP contribution in [0.1, 0.15) is 32.8 Å². The molecule has 106 valence electrons. The fourth-order valence-corrected chi connectivity index (χ4v) is 1.61. The molecule has 0 spiro atoms. The minimum absolute atomic E-state index is 0.102. The number of nitrogens with one attached hydrogen (secondary N) is 1. The SMILES string of the molecule is CCCNCc1cc([N+](=O)[O-])ccc1OCC(C)C. The molecule has 1 aromatic rings. The number of ether oxygens (including phenoxy) is 1. The summed E-state index contributed by atoms with van der Waals surface area (Å²) in [5.74, 6) is 1.15. The van der Waals surface area contributed by atoms with E-state index in [-0.39, 0.29) is 10.6 Å². The number of benzene rings is 1. The summed E-state index contributed by atoms with van der Waals surface area (Å²) in [6, 6.07) is 4.75. The van der Waals surface area contributed by atoms with E-state index in [0.29, 0.717) is 19.1 Å². The van der Waals surface area contributed by atoms with Crippen LogP contribution in [-0.2, 0) is 6.54 Å². The fraction of sp³-hybridized carbons (Fsp3) is 0.571. The first-order valence-electron chi connectivity index (χ1n) is 6.65. The Morgan fingerprint density at radius 3 is 2.74 bits per heavy atom. The molecule has 0 fully saturated rings. The number of hydrogen-bond acceptors (Lipinski definition) is 4. The molecular formula is C14H22N2O3. The van der Waals surface area contributed by atoms with Gasteiger partial charge >= 0.3 is 0 Å². The molecule has 0 unspecified atom stereocenters. The van der Waals surface area contributed by atoms with Gasteiger partial charge in [0.2, 0.25) is 0 Å². The number of non-ortho nitro benzene ring substituents is 1. The summed E-state index contributed by atoms with van der Waals surface area (Å²) in [7, 11) is 0. The van der Waals surface area contributed by atoms with Crippen molar-refractivity contribution in [1.82, 2.24) is 5.32 Å². The normalized spacial score (nSPS) is 10.7. The first kappa shape index (κ1) is 15.4. The van der Waals surface area contributed by atoms with Crippen LogP contribution in [0.5, 0.6) is 5.75 Å². The highest BCUT2D eigenvalue weighted by atomic mass is 16.6. The van der Waals surface area contributed by atoms with Crippen LogP contribution in [0.4, 0.5) is 5.69 Å². The fourth-order valence-electron chi connectivity index (χ4n) is 1.61. The molecule has 0 aliphatic rings. The molecule has 0 saturated heterocycles. The highest BCUT2D eigenvalue weighted by Gasteiger charge is 2.12. The van der Waals surface area contributed by atoms with E-state index >= 15 is 0 Å². The second-order valence-electron chi connectivity index (χ2n) is 4.93. The zero-order valence-corrected chi connectivity index (χ0v) is 11.8. The second-order valence-corrected chi connectivity index (χ2v) is 4.93. The molecule has 0 bridgehead atoms. The van der Waals surface area contributed by atoms with E-state index < -0.39 is 0 Å². The maximum Gasteiger partial charge on any atom is 0.270 e. The number of hydrogen-bond donors (Lipinski definition) is 1. The summed E-state index contributed by atoms with van der Waals surface area (Å²) in [6.45, 7) is 8.30. The van der Waals surface area contributed by atoms with Gasteiger partial charge in [0.15, 0.2) is 0 Å². The second kappa shape index (κ2) is 7.74. The third kappa shape index (κ3) is 5.26. The number of rotatable bonds is 8. The molecule has 0 atom stereocenters. The molecule has 0 aliphatic heterocycles. The molecule has 1 N–H and O–H groups in total. The monoisotopic (exact) mass is 266 g/mol. The molecule has 5 heteroatoms. The van der Waals surface area contributed by atoms with E-state index in [1.54, 1.807) is 12.1 Å². The van der Waals surface area contributed by atoms with Crippen molar-refractivity contribution in [3.63, 3.8) is 0 Å². The lowest BCUT2D eigenvalue weighted by atomic mass is 10.1. The van der Waals surface area contributed by atoms with Gasteiger partial charge in [-0.25, -0.2) is 0 Å². The van der Waals surface area contributed by atoms with Crippen molar-refractivity contribution in [1.29, 1.82) is 0 Å². The summed E-state index contributed by atoms with van der Waals surface area (Å²) in [6.07, 6.45) is 1.02. The topological polar surface area (TPSA) is 64.4 Å². The van der Waals surface area contributed by atoms with Crippen LogP contribution in [0.2, 0.25) is 0 Å². The molecule has 0 radical (unpaired) electrons. The van der Waals surface area contributed by atoms with Gasteiger partial charge in [0.1, 0.15) is 5.75 Å². The quantitative estimate of drug-likeness (QED) is 0.446. The lowest BCUT2D eigenvalue weighted by Gasteiger charge is -2.13. The van der Waals surface area contributed by atoms with E-state index in [1.165, 1.54) is 6.07 Å². The van der Waals surface area contributed by atoms with Gasteiger partial charge in [-0.1, -0.05) is 20.8 Å². The van der Waals surface area contributed by atoms with Gasteiger partial charge in [0.05, 0.1) is 11.5 Å². The molecule has 0 saturated carbocycles. The van der Waals surface area contributed by atoms with Crippen molar-refractivity contribution in [2.75, 3.05) is 13.2 Å². The van der Waals surface area contributed by atoms with Gasteiger partial charge in [0, 0.05) is 24.2 Å². The maximum absolute atomic E-state index is 10.8. The predicted octanol–water partition coefficient (Wildman–Crippen LogP) is 3.13. The summed E-state index contributed by atoms with van der Waals surface area (Å²) in [5, 5.41) is 14.0. The maximum atomic E-state index is 10.8. The van der Waals surface area contributed by atoms with Gasteiger partial charge in [-0.3, -0.25) is 10.1 Å². The molecule has 0 aromatic heterocycles. The Balaban J connectivity index is 2.84. The highest BCUT2D eigenvalue weighted by molar-refractivity contribution is 5.43. The Morgan fingerprint density at radius 1 is 1.42 bits per heavy atom. The Morgan fingerprint density at radius 2 is 2.16 bits per heavy atom.